The first kappa shape index (κ1) is 11.8. The van der Waals surface area contributed by atoms with Gasteiger partial charge < -0.3 is 29.9 Å². The molecule has 3 fully saturated rings. The second-order valence-electron chi connectivity index (χ2n) is 5.56. The first-order valence-corrected chi connectivity index (χ1v) is 7.44. The van der Waals surface area contributed by atoms with Crippen molar-refractivity contribution in [3.63, 3.8) is 0 Å². The maximum Gasteiger partial charge on any atom is 0.552 e. The van der Waals surface area contributed by atoms with Crippen molar-refractivity contribution >= 4 is 25.0 Å². The quantitative estimate of drug-likeness (QED) is 0.391. The fraction of sp³-hybridized carbons (Fsp3) is 0.769. The molecule has 1 unspecified atom stereocenters. The molecular weight excluding hydrogens is 305 g/mol. The predicted molar refractivity (Wildman–Crippen MR) is 78.4 cm³/mol. The topological polar surface area (TPSA) is 117 Å². The van der Waals surface area contributed by atoms with Crippen LogP contribution in [0.3, 0.4) is 0 Å². The summed E-state index contributed by atoms with van der Waals surface area (Å²) in [5.74, 6) is -4.96. The highest BCUT2D eigenvalue weighted by atomic mass is 16.7. The summed E-state index contributed by atoms with van der Waals surface area (Å²) in [5.41, 5.74) is 0. The van der Waals surface area contributed by atoms with Crippen LogP contribution in [-0.4, -0.2) is 79.1 Å². The Bertz CT molecular complexity index is 648. The van der Waals surface area contributed by atoms with Crippen molar-refractivity contribution in [1.82, 2.24) is 15.5 Å². The van der Waals surface area contributed by atoms with Crippen LogP contribution in [0.25, 0.3) is 0 Å². The summed E-state index contributed by atoms with van der Waals surface area (Å²) in [6, 6.07) is -0.284. The summed E-state index contributed by atoms with van der Waals surface area (Å²) >= 11 is 0. The van der Waals surface area contributed by atoms with Crippen molar-refractivity contribution < 1.29 is 34.3 Å². The molecule has 0 aromatic heterocycles. The molecule has 0 aromatic carbocycles. The zero-order valence-corrected chi connectivity index (χ0v) is 12.3. The van der Waals surface area contributed by atoms with Crippen LogP contribution in [0.2, 0.25) is 0 Å². The number of rotatable bonds is 5. The van der Waals surface area contributed by atoms with Gasteiger partial charge in [-0.25, -0.2) is 4.79 Å². The van der Waals surface area contributed by atoms with Crippen LogP contribution in [0.4, 0.5) is 0 Å². The summed E-state index contributed by atoms with van der Waals surface area (Å²) in [4.78, 5) is 36.2. The molecule has 0 bridgehead atoms. The van der Waals surface area contributed by atoms with Crippen molar-refractivity contribution in [2.45, 2.75) is 37.3 Å². The van der Waals surface area contributed by atoms with Crippen LogP contribution in [0.15, 0.2) is 0 Å². The normalized spacial score (nSPS) is 36.2. The molecule has 23 heavy (non-hydrogen) atoms. The minimum Gasteiger partial charge on any atom is -0.506 e. The monoisotopic (exact) mass is 329 g/mol. The summed E-state index contributed by atoms with van der Waals surface area (Å²) in [5, 5.41) is 14.6. The molecule has 1 amide bonds. The number of carbonyl (C=O) groups excluding carboxylic acids is 2. The Kier molecular flexibility index (Phi) is 3.52. The van der Waals surface area contributed by atoms with Crippen molar-refractivity contribution in [3.05, 3.63) is 0 Å². The number of aliphatic carboxylic acids is 1. The highest BCUT2D eigenvalue weighted by Gasteiger charge is 2.52. The Balaban J connectivity index is 1.78. The highest BCUT2D eigenvalue weighted by Crippen LogP contribution is 2.25. The van der Waals surface area contributed by atoms with Crippen LogP contribution in [0.5, 0.6) is 0 Å². The number of carboxylic acid groups (broad SMARTS) is 1. The molecule has 3 saturated heterocycles. The van der Waals surface area contributed by atoms with E-state index < -0.39 is 50.0 Å². The van der Waals surface area contributed by atoms with Gasteiger partial charge in [-0.05, 0) is 25.8 Å². The zero-order chi connectivity index (χ0) is 20.0. The number of amides is 1. The van der Waals surface area contributed by atoms with Gasteiger partial charge in [0.2, 0.25) is 12.0 Å². The molecule has 3 N–H and O–H groups in total. The second-order valence-corrected chi connectivity index (χ2v) is 5.56. The van der Waals surface area contributed by atoms with Crippen molar-refractivity contribution in [3.8, 4) is 0 Å². The lowest BCUT2D eigenvalue weighted by Gasteiger charge is -2.25. The maximum absolute atomic E-state index is 12.9. The van der Waals surface area contributed by atoms with Gasteiger partial charge >= 0.3 is 19.1 Å². The average molecular weight is 329 g/mol. The van der Waals surface area contributed by atoms with E-state index in [1.165, 1.54) is 0 Å². The molecule has 0 saturated carbocycles. The summed E-state index contributed by atoms with van der Waals surface area (Å²) in [6.45, 7) is -3.59. The largest absolute Gasteiger partial charge is 0.552 e. The summed E-state index contributed by atoms with van der Waals surface area (Å²) < 4.78 is 42.2. The molecule has 3 heterocycles. The van der Waals surface area contributed by atoms with E-state index in [1.54, 1.807) is 0 Å². The number of nitrogens with one attached hydrogen (secondary N) is 2. The standard InChI is InChI=1S/C13H20BN3O6/c18-10(7-16-8-3-4-15-6-8)17-5-1-2-9(17)14-22-11(12(19)20)13(21)23-14/h8-9,11,15-16H,1-7H2,(H,19,20)/t8-,9+,11?/m1/s1/i5D2,7D2. The maximum atomic E-state index is 12.9. The van der Waals surface area contributed by atoms with E-state index in [2.05, 4.69) is 10.6 Å². The van der Waals surface area contributed by atoms with Crippen molar-refractivity contribution in [1.29, 1.82) is 0 Å². The molecule has 126 valence electrons. The van der Waals surface area contributed by atoms with E-state index in [0.29, 0.717) is 24.4 Å². The third kappa shape index (κ3) is 3.49. The molecule has 3 aliphatic heterocycles. The third-order valence-electron chi connectivity index (χ3n) is 3.97. The van der Waals surface area contributed by atoms with Gasteiger partial charge in [-0.2, -0.15) is 0 Å². The molecular formula is C13H20BN3O6. The van der Waals surface area contributed by atoms with Crippen LogP contribution in [-0.2, 0) is 23.7 Å². The lowest BCUT2D eigenvalue weighted by Crippen LogP contribution is -2.50. The predicted octanol–water partition coefficient (Wildman–Crippen LogP) is -2.02. The number of likely N-dealkylation sites (tertiary alicyclic amines) is 1. The molecule has 3 aliphatic rings. The first-order valence-electron chi connectivity index (χ1n) is 9.44. The third-order valence-corrected chi connectivity index (χ3v) is 3.97. The SMILES string of the molecule is [2H]C([2H])(N[C@@H]1CCNC1)C(=O)N1[C@H](B2OC(=O)C(C(=O)O)O2)CCC1([2H])[2H]. The van der Waals surface area contributed by atoms with E-state index >= 15 is 0 Å². The van der Waals surface area contributed by atoms with E-state index in [9.17, 15) is 14.4 Å². The summed E-state index contributed by atoms with van der Waals surface area (Å²) in [6.07, 6.45) is -1.32. The molecule has 10 heteroatoms. The van der Waals surface area contributed by atoms with Gasteiger partial charge in [0.15, 0.2) is 0 Å². The van der Waals surface area contributed by atoms with Gasteiger partial charge in [-0.1, -0.05) is 0 Å². The van der Waals surface area contributed by atoms with E-state index in [4.69, 9.17) is 19.9 Å². The smallest absolute Gasteiger partial charge is 0.506 e. The molecule has 0 aromatic rings. The fourth-order valence-corrected chi connectivity index (χ4v) is 2.78. The Morgan fingerprint density at radius 2 is 2.39 bits per heavy atom. The molecule has 3 atom stereocenters. The Morgan fingerprint density at radius 1 is 1.57 bits per heavy atom. The van der Waals surface area contributed by atoms with Gasteiger partial charge in [0.25, 0.3) is 0 Å². The lowest BCUT2D eigenvalue weighted by molar-refractivity contribution is -0.152. The number of nitrogens with zero attached hydrogens (tertiary/aromatic N) is 1. The van der Waals surface area contributed by atoms with E-state index in [0.717, 1.165) is 0 Å². The zero-order valence-electron chi connectivity index (χ0n) is 16.3. The second kappa shape index (κ2) is 6.85. The van der Waals surface area contributed by atoms with E-state index in [-0.39, 0.29) is 18.9 Å². The minimum atomic E-state index is -2.55. The van der Waals surface area contributed by atoms with Crippen LogP contribution in [0, 0.1) is 0 Å². The average Bonchev–Trinajstić information content (AvgIpc) is 3.25. The van der Waals surface area contributed by atoms with E-state index in [1.807, 2.05) is 0 Å². The van der Waals surface area contributed by atoms with Gasteiger partial charge in [-0.15, -0.1) is 0 Å². The first-order chi connectivity index (χ1) is 12.5. The number of hydrogen-bond donors (Lipinski definition) is 3. The minimum absolute atomic E-state index is 0.0318. The fourth-order valence-electron chi connectivity index (χ4n) is 2.78. The Labute approximate surface area is 139 Å². The molecule has 0 radical (unpaired) electrons. The lowest BCUT2D eigenvalue weighted by atomic mass is 9.77. The number of carbonyl (C=O) groups is 3. The number of hydrogen-bond acceptors (Lipinski definition) is 7. The van der Waals surface area contributed by atoms with Gasteiger partial charge in [0.1, 0.15) is 0 Å². The van der Waals surface area contributed by atoms with Crippen LogP contribution in [0.1, 0.15) is 24.7 Å². The molecule has 0 aliphatic carbocycles. The van der Waals surface area contributed by atoms with Crippen molar-refractivity contribution in [2.24, 2.45) is 0 Å². The molecule has 3 rings (SSSR count). The summed E-state index contributed by atoms with van der Waals surface area (Å²) in [7, 11) is -1.47. The highest BCUT2D eigenvalue weighted by molar-refractivity contribution is 6.52. The van der Waals surface area contributed by atoms with Gasteiger partial charge in [-0.3, -0.25) is 9.59 Å². The Hall–Kier alpha value is -1.65. The Morgan fingerprint density at radius 3 is 3.04 bits per heavy atom. The van der Waals surface area contributed by atoms with Crippen molar-refractivity contribution in [2.75, 3.05) is 26.1 Å². The van der Waals surface area contributed by atoms with Crippen LogP contribution >= 0.6 is 0 Å². The number of carboxylic acids is 1. The van der Waals surface area contributed by atoms with Gasteiger partial charge in [0, 0.05) is 21.8 Å². The molecule has 0 spiro atoms. The van der Waals surface area contributed by atoms with Gasteiger partial charge in [0.05, 0.1) is 15.2 Å². The molecule has 9 nitrogen and oxygen atoms in total. The van der Waals surface area contributed by atoms with Crippen LogP contribution < -0.4 is 10.6 Å².